The van der Waals surface area contributed by atoms with Gasteiger partial charge in [0.15, 0.2) is 0 Å². The fourth-order valence-electron chi connectivity index (χ4n) is 7.04. The molecule has 0 unspecified atom stereocenters. The zero-order valence-corrected chi connectivity index (χ0v) is 20.3. The van der Waals surface area contributed by atoms with Crippen LogP contribution < -0.4 is 4.87 Å². The number of carboxylic acids is 1. The third-order valence-corrected chi connectivity index (χ3v) is 10.7. The zero-order valence-electron chi connectivity index (χ0n) is 18.7. The van der Waals surface area contributed by atoms with Gasteiger partial charge in [0.25, 0.3) is 0 Å². The molecular formula is C24H25N3O5S2. The van der Waals surface area contributed by atoms with Gasteiger partial charge in [-0.2, -0.15) is 0 Å². The Labute approximate surface area is 204 Å². The summed E-state index contributed by atoms with van der Waals surface area (Å²) in [5, 5.41) is 10.8. The molecule has 10 heteroatoms. The first-order chi connectivity index (χ1) is 16.3. The van der Waals surface area contributed by atoms with Crippen molar-refractivity contribution in [1.82, 2.24) is 14.9 Å². The highest BCUT2D eigenvalue weighted by molar-refractivity contribution is 8.00. The van der Waals surface area contributed by atoms with Crippen LogP contribution in [0.4, 0.5) is 0 Å². The van der Waals surface area contributed by atoms with Gasteiger partial charge in [0.05, 0.1) is 16.9 Å². The highest BCUT2D eigenvalue weighted by atomic mass is 32.2. The number of nitrogens with one attached hydrogen (secondary N) is 1. The number of likely N-dealkylation sites (tertiary alicyclic amines) is 1. The maximum absolute atomic E-state index is 13.7. The van der Waals surface area contributed by atoms with Crippen LogP contribution in [0, 0.1) is 35.5 Å². The topological polar surface area (TPSA) is 120 Å². The summed E-state index contributed by atoms with van der Waals surface area (Å²) in [5.41, 5.74) is 1.01. The Morgan fingerprint density at radius 1 is 1.24 bits per heavy atom. The van der Waals surface area contributed by atoms with E-state index in [0.717, 1.165) is 26.8 Å². The smallest absolute Gasteiger partial charge is 0.326 e. The SMILES string of the molecule is CC(C)C[C@H](C(=O)O)N1C(=O)[C@@H]2[C@H]3C[C@@H]([C@@H]2C1=O)[C@@H]1[C@H](c2cccnc2)c2sc(=O)[nH]c2S[C@@H]31. The average Bonchev–Trinajstić information content (AvgIpc) is 3.51. The number of pyridine rings is 1. The predicted molar refractivity (Wildman–Crippen MR) is 125 cm³/mol. The van der Waals surface area contributed by atoms with Crippen LogP contribution in [0.15, 0.2) is 34.3 Å². The molecule has 178 valence electrons. The molecule has 2 aliphatic carbocycles. The monoisotopic (exact) mass is 499 g/mol. The maximum Gasteiger partial charge on any atom is 0.326 e. The van der Waals surface area contributed by atoms with Gasteiger partial charge in [-0.05, 0) is 48.1 Å². The lowest BCUT2D eigenvalue weighted by molar-refractivity contribution is -0.156. The van der Waals surface area contributed by atoms with E-state index < -0.39 is 23.8 Å². The number of carbonyl (C=O) groups is 3. The van der Waals surface area contributed by atoms with Gasteiger partial charge in [-0.1, -0.05) is 31.3 Å². The molecule has 4 heterocycles. The number of thiazole rings is 1. The first-order valence-corrected chi connectivity index (χ1v) is 13.4. The lowest BCUT2D eigenvalue weighted by Crippen LogP contribution is -2.47. The minimum absolute atomic E-state index is 0.0179. The Morgan fingerprint density at radius 3 is 2.62 bits per heavy atom. The number of thioether (sulfide) groups is 1. The van der Waals surface area contributed by atoms with E-state index in [2.05, 4.69) is 9.97 Å². The number of hydrogen-bond donors (Lipinski definition) is 2. The number of nitrogens with zero attached hydrogens (tertiary/aromatic N) is 2. The molecule has 0 radical (unpaired) electrons. The fraction of sp³-hybridized carbons (Fsp3) is 0.542. The number of H-pyrrole nitrogens is 1. The Morgan fingerprint density at radius 2 is 1.97 bits per heavy atom. The molecule has 0 spiro atoms. The molecule has 1 saturated heterocycles. The number of carbonyl (C=O) groups excluding carboxylic acids is 2. The predicted octanol–water partition coefficient (Wildman–Crippen LogP) is 2.80. The van der Waals surface area contributed by atoms with Crippen molar-refractivity contribution >= 4 is 40.9 Å². The van der Waals surface area contributed by atoms with Crippen LogP contribution in [0.1, 0.15) is 43.0 Å². The molecule has 8 atom stereocenters. The third-order valence-electron chi connectivity index (χ3n) is 8.09. The van der Waals surface area contributed by atoms with Gasteiger partial charge in [-0.3, -0.25) is 24.3 Å². The van der Waals surface area contributed by atoms with E-state index in [9.17, 15) is 24.3 Å². The number of rotatable bonds is 5. The zero-order chi connectivity index (χ0) is 23.9. The Kier molecular flexibility index (Phi) is 5.04. The summed E-state index contributed by atoms with van der Waals surface area (Å²) < 4.78 is 0. The van der Waals surface area contributed by atoms with Crippen LogP contribution >= 0.6 is 23.1 Å². The second-order valence-electron chi connectivity index (χ2n) is 10.3. The van der Waals surface area contributed by atoms with Crippen LogP contribution in [0.2, 0.25) is 0 Å². The number of aromatic nitrogens is 2. The van der Waals surface area contributed by atoms with Crippen molar-refractivity contribution in [2.75, 3.05) is 0 Å². The van der Waals surface area contributed by atoms with Crippen LogP contribution in [0.25, 0.3) is 0 Å². The van der Waals surface area contributed by atoms with Gasteiger partial charge in [-0.25, -0.2) is 4.79 Å². The summed E-state index contributed by atoms with van der Waals surface area (Å²) >= 11 is 2.84. The van der Waals surface area contributed by atoms with Gasteiger partial charge in [0.1, 0.15) is 6.04 Å². The van der Waals surface area contributed by atoms with Crippen LogP contribution in [0.3, 0.4) is 0 Å². The third kappa shape index (κ3) is 3.00. The Hall–Kier alpha value is -2.46. The summed E-state index contributed by atoms with van der Waals surface area (Å²) in [4.78, 5) is 60.8. The van der Waals surface area contributed by atoms with Crippen LogP contribution in [-0.2, 0) is 14.4 Å². The number of amides is 2. The van der Waals surface area contributed by atoms with E-state index in [-0.39, 0.29) is 57.9 Å². The van der Waals surface area contributed by atoms with Crippen molar-refractivity contribution in [1.29, 1.82) is 0 Å². The summed E-state index contributed by atoms with van der Waals surface area (Å²) in [7, 11) is 0. The van der Waals surface area contributed by atoms with Crippen LogP contribution in [0.5, 0.6) is 0 Å². The van der Waals surface area contributed by atoms with Gasteiger partial charge in [-0.15, -0.1) is 11.8 Å². The molecular weight excluding hydrogens is 474 g/mol. The van der Waals surface area contributed by atoms with Gasteiger partial charge in [0, 0.05) is 28.4 Å². The number of hydrogen-bond acceptors (Lipinski definition) is 7. The highest BCUT2D eigenvalue weighted by Gasteiger charge is 2.70. The van der Waals surface area contributed by atoms with E-state index in [4.69, 9.17) is 0 Å². The summed E-state index contributed by atoms with van der Waals surface area (Å²) in [5.74, 6) is -2.71. The molecule has 3 fully saturated rings. The maximum atomic E-state index is 13.7. The van der Waals surface area contributed by atoms with Crippen molar-refractivity contribution in [3.8, 4) is 0 Å². The molecule has 34 heavy (non-hydrogen) atoms. The minimum atomic E-state index is -1.12. The summed E-state index contributed by atoms with van der Waals surface area (Å²) in [6, 6.07) is 2.78. The number of aromatic amines is 1. The van der Waals surface area contributed by atoms with Gasteiger partial charge < -0.3 is 10.1 Å². The first kappa shape index (κ1) is 22.0. The molecule has 2 N–H and O–H groups in total. The van der Waals surface area contributed by atoms with Gasteiger partial charge >= 0.3 is 10.8 Å². The van der Waals surface area contributed by atoms with E-state index in [0.29, 0.717) is 0 Å². The molecule has 0 aromatic carbocycles. The van der Waals surface area contributed by atoms with Crippen molar-refractivity contribution in [2.45, 2.75) is 48.9 Å². The largest absolute Gasteiger partial charge is 0.480 e. The lowest BCUT2D eigenvalue weighted by atomic mass is 9.68. The second-order valence-corrected chi connectivity index (χ2v) is 12.5. The molecule has 8 nitrogen and oxygen atoms in total. The average molecular weight is 500 g/mol. The molecule has 2 aliphatic heterocycles. The van der Waals surface area contributed by atoms with E-state index >= 15 is 0 Å². The fourth-order valence-corrected chi connectivity index (χ4v) is 9.93. The number of imide groups is 1. The quantitative estimate of drug-likeness (QED) is 0.607. The lowest BCUT2D eigenvalue weighted by Gasteiger charge is -2.42. The standard InChI is InChI=1S/C24H25N3O5S2/c1-9(2)6-13(23(30)31)27-21(28)16-11-7-12(17(16)22(27)29)18-15(11)14(10-4-3-5-25-8-10)19-20(33-18)26-24(32)34-19/h3-5,8-9,11-18H,6-7H2,1-2H3,(H,26,32)(H,30,31)/t11-,12-,13-,14+,15-,16+,17-,18+/m1/s1. The molecule has 6 rings (SSSR count). The van der Waals surface area contributed by atoms with Crippen molar-refractivity contribution < 1.29 is 19.5 Å². The van der Waals surface area contributed by atoms with Crippen LogP contribution in [-0.4, -0.2) is 49.0 Å². The molecule has 2 bridgehead atoms. The summed E-state index contributed by atoms with van der Waals surface area (Å²) in [6.07, 6.45) is 4.57. The minimum Gasteiger partial charge on any atom is -0.480 e. The second kappa shape index (κ2) is 7.78. The molecule has 4 aliphatic rings. The van der Waals surface area contributed by atoms with E-state index in [1.165, 1.54) is 11.3 Å². The van der Waals surface area contributed by atoms with Crippen molar-refractivity contribution in [3.05, 3.63) is 44.6 Å². The number of aliphatic carboxylic acids is 1. The Balaban J connectivity index is 1.42. The van der Waals surface area contributed by atoms with E-state index in [1.54, 1.807) is 18.0 Å². The molecule has 2 amide bonds. The van der Waals surface area contributed by atoms with Crippen molar-refractivity contribution in [3.63, 3.8) is 0 Å². The van der Waals surface area contributed by atoms with Gasteiger partial charge in [0.2, 0.25) is 11.8 Å². The van der Waals surface area contributed by atoms with E-state index in [1.807, 2.05) is 32.2 Å². The molecule has 2 aromatic heterocycles. The Bertz CT molecular complexity index is 1240. The summed E-state index contributed by atoms with van der Waals surface area (Å²) in [6.45, 7) is 3.79. The normalized spacial score (nSPS) is 34.3. The first-order valence-electron chi connectivity index (χ1n) is 11.7. The number of fused-ring (bicyclic) bond motifs is 9. The highest BCUT2D eigenvalue weighted by Crippen LogP contribution is 2.68. The van der Waals surface area contributed by atoms with Crippen molar-refractivity contribution in [2.24, 2.45) is 35.5 Å². The molecule has 2 aromatic rings. The molecule has 2 saturated carbocycles. The number of carboxylic acid groups (broad SMARTS) is 1.